The van der Waals surface area contributed by atoms with Crippen molar-refractivity contribution in [3.05, 3.63) is 23.8 Å². The van der Waals surface area contributed by atoms with E-state index in [1.807, 2.05) is 32.0 Å². The van der Waals surface area contributed by atoms with Gasteiger partial charge in [-0.05, 0) is 36.6 Å². The summed E-state index contributed by atoms with van der Waals surface area (Å²) < 4.78 is 5.28. The Kier molecular flexibility index (Phi) is 5.83. The van der Waals surface area contributed by atoms with Crippen LogP contribution in [0.15, 0.2) is 18.2 Å². The van der Waals surface area contributed by atoms with Crippen molar-refractivity contribution in [2.24, 2.45) is 5.92 Å². The van der Waals surface area contributed by atoms with Crippen molar-refractivity contribution in [1.82, 2.24) is 0 Å². The molecule has 1 aromatic rings. The van der Waals surface area contributed by atoms with E-state index in [1.165, 1.54) is 0 Å². The Labute approximate surface area is 115 Å². The molecule has 106 valence electrons. The van der Waals surface area contributed by atoms with Crippen molar-refractivity contribution in [2.45, 2.75) is 26.7 Å². The number of aryl methyl sites for hydroxylation is 1. The van der Waals surface area contributed by atoms with Gasteiger partial charge in [-0.1, -0.05) is 13.8 Å². The van der Waals surface area contributed by atoms with E-state index >= 15 is 0 Å². The van der Waals surface area contributed by atoms with Crippen molar-refractivity contribution in [3.63, 3.8) is 0 Å². The van der Waals surface area contributed by atoms with Gasteiger partial charge in [-0.25, -0.2) is 0 Å². The third kappa shape index (κ3) is 3.47. The van der Waals surface area contributed by atoms with Crippen LogP contribution in [0.3, 0.4) is 0 Å². The first-order chi connectivity index (χ1) is 9.08. The van der Waals surface area contributed by atoms with Gasteiger partial charge in [-0.3, -0.25) is 4.79 Å². The molecular weight excluding hydrogens is 242 g/mol. The summed E-state index contributed by atoms with van der Waals surface area (Å²) >= 11 is 0. The maximum atomic E-state index is 12.2. The molecule has 19 heavy (non-hydrogen) atoms. The highest BCUT2D eigenvalue weighted by atomic mass is 16.5. The van der Waals surface area contributed by atoms with Gasteiger partial charge in [0.1, 0.15) is 5.75 Å². The molecule has 0 aliphatic heterocycles. The Bertz CT molecular complexity index is 427. The molecule has 1 atom stereocenters. The lowest BCUT2D eigenvalue weighted by Gasteiger charge is -2.23. The molecule has 0 heterocycles. The van der Waals surface area contributed by atoms with Gasteiger partial charge in [0.25, 0.3) is 0 Å². The summed E-state index contributed by atoms with van der Waals surface area (Å²) in [7, 11) is 3.38. The third-order valence-electron chi connectivity index (χ3n) is 3.43. The second-order valence-corrected chi connectivity index (χ2v) is 4.53. The number of hydrogen-bond donors (Lipinski definition) is 1. The average Bonchev–Trinajstić information content (AvgIpc) is 2.46. The monoisotopic (exact) mass is 265 g/mol. The van der Waals surface area contributed by atoms with E-state index in [-0.39, 0.29) is 18.4 Å². The average molecular weight is 265 g/mol. The molecular formula is C15H23NO3. The molecule has 0 fully saturated rings. The first-order valence-corrected chi connectivity index (χ1v) is 6.64. The number of benzene rings is 1. The predicted molar refractivity (Wildman–Crippen MR) is 76.6 cm³/mol. The Morgan fingerprint density at radius 1 is 1.42 bits per heavy atom. The van der Waals surface area contributed by atoms with Gasteiger partial charge in [0, 0.05) is 12.7 Å². The number of rotatable bonds is 6. The van der Waals surface area contributed by atoms with E-state index in [4.69, 9.17) is 4.74 Å². The van der Waals surface area contributed by atoms with E-state index in [9.17, 15) is 9.90 Å². The molecule has 0 aliphatic carbocycles. The van der Waals surface area contributed by atoms with Crippen LogP contribution in [0, 0.1) is 5.92 Å². The Hall–Kier alpha value is -1.55. The van der Waals surface area contributed by atoms with Gasteiger partial charge in [0.2, 0.25) is 5.91 Å². The van der Waals surface area contributed by atoms with Crippen molar-refractivity contribution in [3.8, 4) is 5.75 Å². The molecule has 0 aliphatic rings. The largest absolute Gasteiger partial charge is 0.496 e. The minimum atomic E-state index is -0.336. The molecule has 0 aromatic heterocycles. The first-order valence-electron chi connectivity index (χ1n) is 6.64. The summed E-state index contributed by atoms with van der Waals surface area (Å²) in [6.07, 6.45) is 1.48. The fraction of sp³-hybridized carbons (Fsp3) is 0.533. The highest BCUT2D eigenvalue weighted by Gasteiger charge is 2.21. The van der Waals surface area contributed by atoms with Gasteiger partial charge in [-0.2, -0.15) is 0 Å². The summed E-state index contributed by atoms with van der Waals surface area (Å²) in [5, 5.41) is 9.21. The molecule has 1 unspecified atom stereocenters. The molecule has 4 nitrogen and oxygen atoms in total. The van der Waals surface area contributed by atoms with Crippen LogP contribution in [0.25, 0.3) is 0 Å². The van der Waals surface area contributed by atoms with Crippen LogP contribution in [0.1, 0.15) is 25.8 Å². The number of aliphatic hydroxyl groups is 1. The molecule has 1 N–H and O–H groups in total. The van der Waals surface area contributed by atoms with E-state index in [0.29, 0.717) is 6.42 Å². The molecule has 1 rings (SSSR count). The minimum absolute atomic E-state index is 0.0581. The smallest absolute Gasteiger partial charge is 0.232 e. The van der Waals surface area contributed by atoms with Crippen molar-refractivity contribution >= 4 is 11.6 Å². The molecule has 0 bridgehead atoms. The van der Waals surface area contributed by atoms with Crippen LogP contribution >= 0.6 is 0 Å². The van der Waals surface area contributed by atoms with Crippen LogP contribution in [-0.2, 0) is 11.2 Å². The second-order valence-electron chi connectivity index (χ2n) is 4.53. The first kappa shape index (κ1) is 15.5. The van der Waals surface area contributed by atoms with Gasteiger partial charge < -0.3 is 14.7 Å². The maximum absolute atomic E-state index is 12.2. The standard InChI is InChI=1S/C15H23NO3/c1-5-11-9-13(7-8-14(11)19-4)16(3)15(18)12(6-2)10-17/h7-9,12,17H,5-6,10H2,1-4H3. The number of carbonyl (C=O) groups excluding carboxylic acids is 1. The zero-order valence-corrected chi connectivity index (χ0v) is 12.1. The zero-order chi connectivity index (χ0) is 14.4. The Balaban J connectivity index is 2.99. The fourth-order valence-corrected chi connectivity index (χ4v) is 2.03. The van der Waals surface area contributed by atoms with E-state index < -0.39 is 0 Å². The number of aliphatic hydroxyl groups excluding tert-OH is 1. The SMILES string of the molecule is CCc1cc(N(C)C(=O)C(CC)CO)ccc1OC. The molecule has 4 heteroatoms. The summed E-state index contributed by atoms with van der Waals surface area (Å²) in [4.78, 5) is 13.8. The number of amides is 1. The summed E-state index contributed by atoms with van der Waals surface area (Å²) in [6, 6.07) is 5.69. The third-order valence-corrected chi connectivity index (χ3v) is 3.43. The number of anilines is 1. The number of nitrogens with zero attached hydrogens (tertiary/aromatic N) is 1. The van der Waals surface area contributed by atoms with Gasteiger partial charge >= 0.3 is 0 Å². The van der Waals surface area contributed by atoms with Crippen LogP contribution < -0.4 is 9.64 Å². The number of ether oxygens (including phenoxy) is 1. The van der Waals surface area contributed by atoms with Crippen LogP contribution in [0.2, 0.25) is 0 Å². The quantitative estimate of drug-likeness (QED) is 0.858. The Morgan fingerprint density at radius 2 is 2.11 bits per heavy atom. The fourth-order valence-electron chi connectivity index (χ4n) is 2.03. The lowest BCUT2D eigenvalue weighted by molar-refractivity contribution is -0.123. The predicted octanol–water partition coefficient (Wildman–Crippen LogP) is 2.24. The van der Waals surface area contributed by atoms with Crippen LogP contribution in [0.4, 0.5) is 5.69 Å². The lowest BCUT2D eigenvalue weighted by atomic mass is 10.1. The van der Waals surface area contributed by atoms with E-state index in [1.54, 1.807) is 19.1 Å². The van der Waals surface area contributed by atoms with E-state index in [0.717, 1.165) is 23.4 Å². The minimum Gasteiger partial charge on any atom is -0.496 e. The summed E-state index contributed by atoms with van der Waals surface area (Å²) in [5.41, 5.74) is 1.89. The van der Waals surface area contributed by atoms with Crippen molar-refractivity contribution < 1.29 is 14.6 Å². The van der Waals surface area contributed by atoms with Crippen molar-refractivity contribution in [1.29, 1.82) is 0 Å². The zero-order valence-electron chi connectivity index (χ0n) is 12.1. The topological polar surface area (TPSA) is 49.8 Å². The number of carbonyl (C=O) groups is 1. The summed E-state index contributed by atoms with van der Waals surface area (Å²) in [5.74, 6) is 0.440. The van der Waals surface area contributed by atoms with Crippen LogP contribution in [-0.4, -0.2) is 31.8 Å². The number of methoxy groups -OCH3 is 1. The van der Waals surface area contributed by atoms with Crippen LogP contribution in [0.5, 0.6) is 5.75 Å². The molecule has 0 saturated heterocycles. The maximum Gasteiger partial charge on any atom is 0.232 e. The highest BCUT2D eigenvalue weighted by molar-refractivity contribution is 5.94. The van der Waals surface area contributed by atoms with E-state index in [2.05, 4.69) is 0 Å². The highest BCUT2D eigenvalue weighted by Crippen LogP contribution is 2.26. The van der Waals surface area contributed by atoms with Gasteiger partial charge in [-0.15, -0.1) is 0 Å². The second kappa shape index (κ2) is 7.14. The summed E-state index contributed by atoms with van der Waals surface area (Å²) in [6.45, 7) is 3.83. The molecule has 0 spiro atoms. The van der Waals surface area contributed by atoms with Gasteiger partial charge in [0.15, 0.2) is 0 Å². The molecule has 1 aromatic carbocycles. The Morgan fingerprint density at radius 3 is 2.58 bits per heavy atom. The lowest BCUT2D eigenvalue weighted by Crippen LogP contribution is -2.34. The molecule has 0 saturated carbocycles. The van der Waals surface area contributed by atoms with Crippen molar-refractivity contribution in [2.75, 3.05) is 25.7 Å². The molecule has 0 radical (unpaired) electrons. The molecule has 1 amide bonds. The number of hydrogen-bond acceptors (Lipinski definition) is 3. The van der Waals surface area contributed by atoms with Gasteiger partial charge in [0.05, 0.1) is 19.6 Å². The normalized spacial score (nSPS) is 12.1.